The molecule has 3 aromatic rings. The number of anilines is 1. The summed E-state index contributed by atoms with van der Waals surface area (Å²) in [7, 11) is -2.95. The van der Waals surface area contributed by atoms with Crippen molar-refractivity contribution in [2.75, 3.05) is 25.5 Å². The van der Waals surface area contributed by atoms with Gasteiger partial charge in [0.05, 0.1) is 35.3 Å². The number of rotatable bonds is 8. The van der Waals surface area contributed by atoms with Gasteiger partial charge in [0.25, 0.3) is 11.8 Å². The van der Waals surface area contributed by atoms with E-state index in [2.05, 4.69) is 14.6 Å². The molecule has 0 saturated carbocycles. The number of thiazole rings is 1. The maximum absolute atomic E-state index is 14.9. The number of nitrogens with zero attached hydrogens (tertiary/aromatic N) is 1. The van der Waals surface area contributed by atoms with Crippen LogP contribution in [0, 0.1) is 23.3 Å². The molecule has 0 radical (unpaired) electrons. The van der Waals surface area contributed by atoms with Crippen LogP contribution in [0.5, 0.6) is 5.75 Å². The molecule has 3 rings (SSSR count). The fraction of sp³-hybridized carbons (Fsp3) is 0.150. The molecule has 0 aliphatic rings. The van der Waals surface area contributed by atoms with Gasteiger partial charge in [0.1, 0.15) is 16.3 Å². The van der Waals surface area contributed by atoms with Crippen molar-refractivity contribution < 1.29 is 51.4 Å². The van der Waals surface area contributed by atoms with Crippen LogP contribution in [0.3, 0.4) is 0 Å². The number of hydrogen-bond acceptors (Lipinski definition) is 7. The molecule has 0 spiro atoms. The molecule has 3 N–H and O–H groups in total. The summed E-state index contributed by atoms with van der Waals surface area (Å²) >= 11 is 5.97. The van der Waals surface area contributed by atoms with Crippen LogP contribution >= 0.6 is 22.9 Å². The van der Waals surface area contributed by atoms with Gasteiger partial charge >= 0.3 is 0 Å². The van der Waals surface area contributed by atoms with Gasteiger partial charge in [-0.05, 0) is 17.7 Å². The number of aliphatic hydroxyl groups is 1. The lowest BCUT2D eigenvalue weighted by Gasteiger charge is -2.13. The Hall–Kier alpha value is -3.26. The summed E-state index contributed by atoms with van der Waals surface area (Å²) in [5.74, 6) is -11.7. The summed E-state index contributed by atoms with van der Waals surface area (Å²) in [5, 5.41) is 10.6. The topological polar surface area (TPSA) is 110 Å². The van der Waals surface area contributed by atoms with Gasteiger partial charge in [-0.2, -0.15) is 0 Å². The van der Waals surface area contributed by atoms with E-state index < -0.39 is 92.8 Å². The quantitative estimate of drug-likeness (QED) is 0.233. The molecule has 0 aliphatic heterocycles. The SMILES string of the molecule is [2H]C([2H])([2H])Oc1cccc(-c2c(F)c(F)c(NC(=O)c3nc(Cl)sc3C(=O)NOC([2H])([2H])C([2H])([2H])O)c(F)c2F)c1. The Morgan fingerprint density at radius 2 is 1.91 bits per heavy atom. The predicted octanol–water partition coefficient (Wildman–Crippen LogP) is 3.93. The molecule has 1 heterocycles. The molecule has 14 heteroatoms. The number of carbonyl (C=O) groups is 2. The fourth-order valence-corrected chi connectivity index (χ4v) is 3.62. The van der Waals surface area contributed by atoms with Crippen molar-refractivity contribution in [2.45, 2.75) is 0 Å². The fourth-order valence-electron chi connectivity index (χ4n) is 2.63. The van der Waals surface area contributed by atoms with E-state index in [1.54, 1.807) is 0 Å². The Labute approximate surface area is 207 Å². The number of hydrogen-bond donors (Lipinski definition) is 3. The van der Waals surface area contributed by atoms with E-state index in [-0.39, 0.29) is 11.3 Å². The van der Waals surface area contributed by atoms with Gasteiger partial charge < -0.3 is 15.2 Å². The van der Waals surface area contributed by atoms with Crippen LogP contribution in [-0.2, 0) is 4.84 Å². The summed E-state index contributed by atoms with van der Waals surface area (Å²) in [5.41, 5.74) is -2.98. The second-order valence-corrected chi connectivity index (χ2v) is 7.56. The van der Waals surface area contributed by atoms with E-state index in [4.69, 9.17) is 26.3 Å². The number of nitrogens with one attached hydrogen (secondary N) is 2. The number of benzene rings is 2. The molecule has 8 nitrogen and oxygen atoms in total. The monoisotopic (exact) mass is 526 g/mol. The Kier molecular flexibility index (Phi) is 5.46. The van der Waals surface area contributed by atoms with Crippen molar-refractivity contribution in [1.82, 2.24) is 10.5 Å². The zero-order valence-electron chi connectivity index (χ0n) is 23.1. The number of hydroxylamine groups is 1. The van der Waals surface area contributed by atoms with E-state index >= 15 is 0 Å². The zero-order valence-corrected chi connectivity index (χ0v) is 17.7. The number of amides is 2. The smallest absolute Gasteiger partial charge is 0.287 e. The number of halogens is 5. The van der Waals surface area contributed by atoms with Gasteiger partial charge in [-0.3, -0.25) is 14.4 Å². The Morgan fingerprint density at radius 1 is 1.21 bits per heavy atom. The number of carbonyl (C=O) groups excluding carboxylic acids is 2. The van der Waals surface area contributed by atoms with E-state index in [1.807, 2.05) is 0 Å². The van der Waals surface area contributed by atoms with E-state index in [9.17, 15) is 27.2 Å². The highest BCUT2D eigenvalue weighted by Gasteiger charge is 2.30. The summed E-state index contributed by atoms with van der Waals surface area (Å²) in [6.45, 7) is -7.08. The molecule has 0 atom stereocenters. The lowest BCUT2D eigenvalue weighted by Crippen LogP contribution is -2.27. The Balaban J connectivity index is 1.94. The number of aromatic nitrogens is 1. The van der Waals surface area contributed by atoms with Crippen LogP contribution in [0.2, 0.25) is 4.47 Å². The normalized spacial score (nSPS) is 15.1. The average Bonchev–Trinajstić information content (AvgIpc) is 3.24. The zero-order chi connectivity index (χ0) is 31.1. The molecule has 2 aromatic carbocycles. The Morgan fingerprint density at radius 3 is 2.56 bits per heavy atom. The van der Waals surface area contributed by atoms with Crippen molar-refractivity contribution in [2.24, 2.45) is 0 Å². The van der Waals surface area contributed by atoms with Crippen LogP contribution < -0.4 is 15.5 Å². The van der Waals surface area contributed by atoms with Gasteiger partial charge in [-0.1, -0.05) is 35.1 Å². The number of ether oxygens (including phenoxy) is 1. The summed E-state index contributed by atoms with van der Waals surface area (Å²) in [6, 6.07) is 4.02. The first-order valence-electron chi connectivity index (χ1n) is 12.1. The van der Waals surface area contributed by atoms with Crippen LogP contribution in [0.1, 0.15) is 29.8 Å². The summed E-state index contributed by atoms with van der Waals surface area (Å²) in [4.78, 5) is 32.0. The minimum absolute atomic E-state index is 0.274. The number of methoxy groups -OCH3 is 1. The molecule has 2 amide bonds. The van der Waals surface area contributed by atoms with Crippen molar-refractivity contribution in [3.63, 3.8) is 0 Å². The molecule has 34 heavy (non-hydrogen) atoms. The minimum atomic E-state index is -3.59. The largest absolute Gasteiger partial charge is 0.497 e. The van der Waals surface area contributed by atoms with Crippen molar-refractivity contribution in [3.8, 4) is 16.9 Å². The highest BCUT2D eigenvalue weighted by Crippen LogP contribution is 2.36. The third kappa shape index (κ3) is 5.12. The summed E-state index contributed by atoms with van der Waals surface area (Å²) in [6.07, 6.45) is 0. The first kappa shape index (κ1) is 17.2. The van der Waals surface area contributed by atoms with Gasteiger partial charge in [0, 0.05) is 0 Å². The molecular weight excluding hydrogens is 506 g/mol. The van der Waals surface area contributed by atoms with Gasteiger partial charge in [-0.15, -0.1) is 0 Å². The standard InChI is InChI=1S/C20H14ClF4N3O5S/c1-32-9-4-2-3-8(7-9)10-11(22)13(24)15(14(25)12(10)23)26-18(30)16-17(34-20(21)27-16)19(31)28-33-6-5-29/h2-4,7,29H,5-6H2,1H3,(H,26,30)(H,28,31)/i1D3,5D2,6D2. The van der Waals surface area contributed by atoms with Gasteiger partial charge in [0.15, 0.2) is 33.4 Å². The van der Waals surface area contributed by atoms with Crippen molar-refractivity contribution in [3.05, 3.63) is 62.6 Å². The predicted molar refractivity (Wildman–Crippen MR) is 114 cm³/mol. The molecule has 0 bridgehead atoms. The van der Waals surface area contributed by atoms with E-state index in [0.29, 0.717) is 0 Å². The molecule has 0 unspecified atom stereocenters. The molecule has 0 fully saturated rings. The maximum atomic E-state index is 14.9. The first-order valence-corrected chi connectivity index (χ1v) is 9.76. The van der Waals surface area contributed by atoms with Crippen LogP contribution in [0.25, 0.3) is 11.1 Å². The second-order valence-electron chi connectivity index (χ2n) is 5.98. The third-order valence-corrected chi connectivity index (χ3v) is 5.16. The molecule has 1 aromatic heterocycles. The van der Waals surface area contributed by atoms with Crippen LogP contribution in [0.15, 0.2) is 24.3 Å². The van der Waals surface area contributed by atoms with Gasteiger partial charge in [-0.25, -0.2) is 28.0 Å². The lowest BCUT2D eigenvalue weighted by molar-refractivity contribution is 0.0170. The average molecular weight is 527 g/mol. The molecule has 180 valence electrons. The van der Waals surface area contributed by atoms with Crippen LogP contribution in [0.4, 0.5) is 23.2 Å². The molecular formula is C20H14ClF4N3O5S. The summed E-state index contributed by atoms with van der Waals surface area (Å²) < 4.78 is 113. The third-order valence-electron chi connectivity index (χ3n) is 4.01. The van der Waals surface area contributed by atoms with Gasteiger partial charge in [0.2, 0.25) is 0 Å². The lowest BCUT2D eigenvalue weighted by atomic mass is 10.0. The molecule has 0 saturated heterocycles. The highest BCUT2D eigenvalue weighted by molar-refractivity contribution is 7.17. The molecule has 0 aliphatic carbocycles. The van der Waals surface area contributed by atoms with Crippen LogP contribution in [-0.4, -0.2) is 42.1 Å². The maximum Gasteiger partial charge on any atom is 0.287 e. The first-order chi connectivity index (χ1) is 18.7. The van der Waals surface area contributed by atoms with Crippen molar-refractivity contribution >= 4 is 40.4 Å². The van der Waals surface area contributed by atoms with Crippen molar-refractivity contribution in [1.29, 1.82) is 0 Å². The highest BCUT2D eigenvalue weighted by atomic mass is 35.5. The van der Waals surface area contributed by atoms with E-state index in [0.717, 1.165) is 24.3 Å². The second kappa shape index (κ2) is 10.8. The Bertz CT molecular complexity index is 1490. The van der Waals surface area contributed by atoms with E-state index in [1.165, 1.54) is 10.8 Å². The minimum Gasteiger partial charge on any atom is -0.497 e.